The molecule has 0 aliphatic heterocycles. The van der Waals surface area contributed by atoms with Gasteiger partial charge in [0.2, 0.25) is 0 Å². The van der Waals surface area contributed by atoms with Gasteiger partial charge in [-0.3, -0.25) is 14.6 Å². The topological polar surface area (TPSA) is 51.2 Å². The molecule has 1 aromatic heterocycles. The zero-order chi connectivity index (χ0) is 9.84. The summed E-state index contributed by atoms with van der Waals surface area (Å²) in [4.78, 5) is 19.9. The molecule has 0 aromatic carbocycles. The molecule has 0 aliphatic rings. The Bertz CT molecular complexity index is 323. The standard InChI is InChI=1S/C9H12N2O2/c1-6-7(2)10-5-4-8(6)9(12)11-13-3/h4-5H,1-3H3,(H,11,12). The SMILES string of the molecule is CONC(=O)c1ccnc(C)c1C. The molecule has 0 spiro atoms. The third-order valence-electron chi connectivity index (χ3n) is 1.90. The summed E-state index contributed by atoms with van der Waals surface area (Å²) in [7, 11) is 1.40. The molecule has 13 heavy (non-hydrogen) atoms. The summed E-state index contributed by atoms with van der Waals surface area (Å²) in [6.07, 6.45) is 1.60. The van der Waals surface area contributed by atoms with E-state index in [-0.39, 0.29) is 5.91 Å². The van der Waals surface area contributed by atoms with E-state index in [4.69, 9.17) is 0 Å². The smallest absolute Gasteiger partial charge is 0.275 e. The highest BCUT2D eigenvalue weighted by molar-refractivity contribution is 5.94. The number of rotatable bonds is 2. The maximum absolute atomic E-state index is 11.4. The highest BCUT2D eigenvalue weighted by Gasteiger charge is 2.09. The first-order chi connectivity index (χ1) is 6.16. The van der Waals surface area contributed by atoms with Crippen molar-refractivity contribution in [3.05, 3.63) is 29.1 Å². The van der Waals surface area contributed by atoms with Crippen LogP contribution in [0.25, 0.3) is 0 Å². The summed E-state index contributed by atoms with van der Waals surface area (Å²) in [5.74, 6) is -0.245. The van der Waals surface area contributed by atoms with Gasteiger partial charge in [0.05, 0.1) is 7.11 Å². The molecule has 70 valence electrons. The van der Waals surface area contributed by atoms with E-state index in [0.29, 0.717) is 5.56 Å². The average molecular weight is 180 g/mol. The fraction of sp³-hybridized carbons (Fsp3) is 0.333. The third kappa shape index (κ3) is 2.03. The summed E-state index contributed by atoms with van der Waals surface area (Å²) in [6, 6.07) is 1.66. The van der Waals surface area contributed by atoms with Crippen molar-refractivity contribution in [2.75, 3.05) is 7.11 Å². The molecule has 0 radical (unpaired) electrons. The maximum atomic E-state index is 11.4. The Morgan fingerprint density at radius 1 is 1.54 bits per heavy atom. The average Bonchev–Trinajstić information content (AvgIpc) is 2.10. The summed E-state index contributed by atoms with van der Waals surface area (Å²) in [5, 5.41) is 0. The minimum absolute atomic E-state index is 0.245. The molecule has 1 rings (SSSR count). The highest BCUT2D eigenvalue weighted by atomic mass is 16.6. The Hall–Kier alpha value is -1.42. The van der Waals surface area contributed by atoms with Crippen LogP contribution in [0.1, 0.15) is 21.6 Å². The van der Waals surface area contributed by atoms with Crippen molar-refractivity contribution in [3.63, 3.8) is 0 Å². The van der Waals surface area contributed by atoms with E-state index < -0.39 is 0 Å². The fourth-order valence-electron chi connectivity index (χ4n) is 1.03. The van der Waals surface area contributed by atoms with Gasteiger partial charge in [0, 0.05) is 17.5 Å². The van der Waals surface area contributed by atoms with Gasteiger partial charge in [0.1, 0.15) is 0 Å². The molecule has 1 N–H and O–H groups in total. The van der Waals surface area contributed by atoms with Crippen LogP contribution in [0.2, 0.25) is 0 Å². The van der Waals surface area contributed by atoms with E-state index in [1.807, 2.05) is 13.8 Å². The zero-order valence-corrected chi connectivity index (χ0v) is 7.92. The van der Waals surface area contributed by atoms with Gasteiger partial charge in [0.15, 0.2) is 0 Å². The maximum Gasteiger partial charge on any atom is 0.275 e. The molecule has 0 atom stereocenters. The number of hydrogen-bond acceptors (Lipinski definition) is 3. The van der Waals surface area contributed by atoms with E-state index in [0.717, 1.165) is 11.3 Å². The van der Waals surface area contributed by atoms with Crippen molar-refractivity contribution >= 4 is 5.91 Å². The molecule has 1 aromatic rings. The monoisotopic (exact) mass is 180 g/mol. The first-order valence-corrected chi connectivity index (χ1v) is 3.92. The van der Waals surface area contributed by atoms with Crippen LogP contribution >= 0.6 is 0 Å². The van der Waals surface area contributed by atoms with Crippen molar-refractivity contribution in [1.29, 1.82) is 0 Å². The van der Waals surface area contributed by atoms with E-state index in [1.165, 1.54) is 7.11 Å². The van der Waals surface area contributed by atoms with Crippen LogP contribution in [0.3, 0.4) is 0 Å². The lowest BCUT2D eigenvalue weighted by Gasteiger charge is -2.06. The van der Waals surface area contributed by atoms with Crippen LogP contribution in [-0.4, -0.2) is 18.0 Å². The van der Waals surface area contributed by atoms with Crippen molar-refractivity contribution in [1.82, 2.24) is 10.5 Å². The Morgan fingerprint density at radius 3 is 2.85 bits per heavy atom. The largest absolute Gasteiger partial charge is 0.277 e. The number of aryl methyl sites for hydroxylation is 1. The molecule has 1 amide bonds. The number of pyridine rings is 1. The summed E-state index contributed by atoms with van der Waals surface area (Å²) in [6.45, 7) is 3.71. The molecule has 0 saturated carbocycles. The number of amides is 1. The number of nitrogens with one attached hydrogen (secondary N) is 1. The number of carbonyl (C=O) groups excluding carboxylic acids is 1. The van der Waals surface area contributed by atoms with E-state index in [2.05, 4.69) is 15.3 Å². The van der Waals surface area contributed by atoms with Gasteiger partial charge < -0.3 is 0 Å². The number of carbonyl (C=O) groups is 1. The van der Waals surface area contributed by atoms with Crippen LogP contribution in [0, 0.1) is 13.8 Å². The predicted molar refractivity (Wildman–Crippen MR) is 48.2 cm³/mol. The van der Waals surface area contributed by atoms with E-state index >= 15 is 0 Å². The van der Waals surface area contributed by atoms with Crippen molar-refractivity contribution < 1.29 is 9.63 Å². The molecule has 0 aliphatic carbocycles. The minimum atomic E-state index is -0.245. The summed E-state index contributed by atoms with van der Waals surface area (Å²) < 4.78 is 0. The number of hydroxylamine groups is 1. The quantitative estimate of drug-likeness (QED) is 0.690. The molecular weight excluding hydrogens is 168 g/mol. The van der Waals surface area contributed by atoms with Gasteiger partial charge in [-0.2, -0.15) is 0 Å². The third-order valence-corrected chi connectivity index (χ3v) is 1.90. The van der Waals surface area contributed by atoms with E-state index in [9.17, 15) is 4.79 Å². The van der Waals surface area contributed by atoms with Gasteiger partial charge in [0.25, 0.3) is 5.91 Å². The Kier molecular flexibility index (Phi) is 2.97. The van der Waals surface area contributed by atoms with Crippen LogP contribution < -0.4 is 5.48 Å². The molecule has 0 bridgehead atoms. The van der Waals surface area contributed by atoms with Crippen molar-refractivity contribution in [2.45, 2.75) is 13.8 Å². The Morgan fingerprint density at radius 2 is 2.23 bits per heavy atom. The minimum Gasteiger partial charge on any atom is -0.277 e. The van der Waals surface area contributed by atoms with Crippen molar-refractivity contribution in [2.24, 2.45) is 0 Å². The van der Waals surface area contributed by atoms with Gasteiger partial charge in [-0.15, -0.1) is 0 Å². The molecule has 4 heteroatoms. The molecule has 0 fully saturated rings. The second-order valence-corrected chi connectivity index (χ2v) is 2.70. The molecule has 4 nitrogen and oxygen atoms in total. The Balaban J connectivity index is 3.01. The van der Waals surface area contributed by atoms with Crippen LogP contribution in [0.4, 0.5) is 0 Å². The van der Waals surface area contributed by atoms with Crippen LogP contribution in [0.15, 0.2) is 12.3 Å². The zero-order valence-electron chi connectivity index (χ0n) is 7.92. The second kappa shape index (κ2) is 4.00. The second-order valence-electron chi connectivity index (χ2n) is 2.70. The molecule has 1 heterocycles. The lowest BCUT2D eigenvalue weighted by Crippen LogP contribution is -2.23. The first kappa shape index (κ1) is 9.67. The number of hydrogen-bond donors (Lipinski definition) is 1. The number of nitrogens with zero attached hydrogens (tertiary/aromatic N) is 1. The van der Waals surface area contributed by atoms with Crippen LogP contribution in [-0.2, 0) is 4.84 Å². The van der Waals surface area contributed by atoms with E-state index in [1.54, 1.807) is 12.3 Å². The van der Waals surface area contributed by atoms with Crippen LogP contribution in [0.5, 0.6) is 0 Å². The molecular formula is C9H12N2O2. The van der Waals surface area contributed by atoms with Gasteiger partial charge in [-0.25, -0.2) is 5.48 Å². The summed E-state index contributed by atoms with van der Waals surface area (Å²) in [5.41, 5.74) is 4.58. The van der Waals surface area contributed by atoms with Gasteiger partial charge >= 0.3 is 0 Å². The van der Waals surface area contributed by atoms with Crippen molar-refractivity contribution in [3.8, 4) is 0 Å². The molecule has 0 saturated heterocycles. The Labute approximate surface area is 76.9 Å². The first-order valence-electron chi connectivity index (χ1n) is 3.92. The van der Waals surface area contributed by atoms with Gasteiger partial charge in [-0.05, 0) is 25.5 Å². The number of aromatic nitrogens is 1. The lowest BCUT2D eigenvalue weighted by atomic mass is 10.1. The molecule has 0 unspecified atom stereocenters. The predicted octanol–water partition coefficient (Wildman–Crippen LogP) is 0.990. The lowest BCUT2D eigenvalue weighted by molar-refractivity contribution is 0.0537. The van der Waals surface area contributed by atoms with Gasteiger partial charge in [-0.1, -0.05) is 0 Å². The normalized spacial score (nSPS) is 9.77. The summed E-state index contributed by atoms with van der Waals surface area (Å²) >= 11 is 0. The highest BCUT2D eigenvalue weighted by Crippen LogP contribution is 2.09. The fourth-order valence-corrected chi connectivity index (χ4v) is 1.03.